The first-order valence-corrected chi connectivity index (χ1v) is 6.42. The summed E-state index contributed by atoms with van der Waals surface area (Å²) in [7, 11) is 0. The van der Waals surface area contributed by atoms with Crippen molar-refractivity contribution in [2.24, 2.45) is 11.8 Å². The molecule has 5 heteroatoms. The highest BCUT2D eigenvalue weighted by Crippen LogP contribution is 2.44. The third-order valence-corrected chi connectivity index (χ3v) is 3.62. The van der Waals surface area contributed by atoms with Crippen molar-refractivity contribution in [3.05, 3.63) is 23.0 Å². The summed E-state index contributed by atoms with van der Waals surface area (Å²) in [5, 5.41) is 10.9. The second-order valence-corrected chi connectivity index (χ2v) is 5.30. The highest BCUT2D eigenvalue weighted by molar-refractivity contribution is 6.29. The van der Waals surface area contributed by atoms with Gasteiger partial charge in [-0.05, 0) is 49.7 Å². The van der Waals surface area contributed by atoms with Crippen LogP contribution >= 0.6 is 11.6 Å². The standard InChI is InChI=1S/C12H14ClN3O/c13-10-6-5-9(15-16-10)12(17)14-11(7-1-2-7)8-3-4-8/h5-8,11H,1-4H2,(H,14,17). The van der Waals surface area contributed by atoms with Crippen molar-refractivity contribution in [3.8, 4) is 0 Å². The summed E-state index contributed by atoms with van der Waals surface area (Å²) in [6.07, 6.45) is 4.98. The van der Waals surface area contributed by atoms with Gasteiger partial charge in [0.1, 0.15) is 0 Å². The topological polar surface area (TPSA) is 54.9 Å². The highest BCUT2D eigenvalue weighted by Gasteiger charge is 2.42. The molecule has 0 saturated heterocycles. The first-order chi connectivity index (χ1) is 8.24. The van der Waals surface area contributed by atoms with Crippen LogP contribution in [0.15, 0.2) is 12.1 Å². The lowest BCUT2D eigenvalue weighted by Gasteiger charge is -2.16. The van der Waals surface area contributed by atoms with Crippen LogP contribution in [-0.4, -0.2) is 22.1 Å². The minimum Gasteiger partial charge on any atom is -0.347 e. The van der Waals surface area contributed by atoms with Crippen LogP contribution in [0, 0.1) is 11.8 Å². The van der Waals surface area contributed by atoms with Gasteiger partial charge in [0, 0.05) is 6.04 Å². The van der Waals surface area contributed by atoms with E-state index in [0.717, 1.165) is 0 Å². The molecule has 2 saturated carbocycles. The van der Waals surface area contributed by atoms with Gasteiger partial charge in [-0.3, -0.25) is 4.79 Å². The van der Waals surface area contributed by atoms with Crippen molar-refractivity contribution in [1.29, 1.82) is 0 Å². The van der Waals surface area contributed by atoms with Gasteiger partial charge in [-0.2, -0.15) is 0 Å². The summed E-state index contributed by atoms with van der Waals surface area (Å²) in [4.78, 5) is 12.0. The van der Waals surface area contributed by atoms with Gasteiger partial charge >= 0.3 is 0 Å². The van der Waals surface area contributed by atoms with Crippen molar-refractivity contribution in [2.45, 2.75) is 31.7 Å². The van der Waals surface area contributed by atoms with E-state index in [1.165, 1.54) is 25.7 Å². The first kappa shape index (κ1) is 11.0. The minimum absolute atomic E-state index is 0.127. The zero-order chi connectivity index (χ0) is 11.8. The molecule has 3 rings (SSSR count). The van der Waals surface area contributed by atoms with Crippen LogP contribution in [0.5, 0.6) is 0 Å². The van der Waals surface area contributed by atoms with E-state index < -0.39 is 0 Å². The number of nitrogens with zero attached hydrogens (tertiary/aromatic N) is 2. The predicted octanol–water partition coefficient (Wildman–Crippen LogP) is 2.05. The van der Waals surface area contributed by atoms with Gasteiger partial charge in [-0.25, -0.2) is 0 Å². The molecular weight excluding hydrogens is 238 g/mol. The Morgan fingerprint density at radius 3 is 2.35 bits per heavy atom. The smallest absolute Gasteiger partial charge is 0.272 e. The Kier molecular flexibility index (Phi) is 2.74. The zero-order valence-electron chi connectivity index (χ0n) is 9.40. The average Bonchev–Trinajstić information content (AvgIpc) is 3.17. The molecule has 0 radical (unpaired) electrons. The monoisotopic (exact) mass is 251 g/mol. The van der Waals surface area contributed by atoms with Crippen molar-refractivity contribution < 1.29 is 4.79 Å². The number of amides is 1. The van der Waals surface area contributed by atoms with E-state index >= 15 is 0 Å². The molecule has 2 aliphatic carbocycles. The number of hydrogen-bond acceptors (Lipinski definition) is 3. The summed E-state index contributed by atoms with van der Waals surface area (Å²) in [6, 6.07) is 3.55. The van der Waals surface area contributed by atoms with Crippen LogP contribution < -0.4 is 5.32 Å². The van der Waals surface area contributed by atoms with E-state index in [4.69, 9.17) is 11.6 Å². The van der Waals surface area contributed by atoms with E-state index in [9.17, 15) is 4.79 Å². The highest BCUT2D eigenvalue weighted by atomic mass is 35.5. The number of nitrogens with one attached hydrogen (secondary N) is 1. The largest absolute Gasteiger partial charge is 0.347 e. The van der Waals surface area contributed by atoms with Crippen LogP contribution in [-0.2, 0) is 0 Å². The SMILES string of the molecule is O=C(NC(C1CC1)C1CC1)c1ccc(Cl)nn1. The Hall–Kier alpha value is -1.16. The van der Waals surface area contributed by atoms with Crippen LogP contribution in [0.25, 0.3) is 0 Å². The number of carbonyl (C=O) groups excluding carboxylic acids is 1. The molecule has 0 aromatic carbocycles. The molecule has 90 valence electrons. The van der Waals surface area contributed by atoms with Gasteiger partial charge in [0.2, 0.25) is 0 Å². The fourth-order valence-electron chi connectivity index (χ4n) is 2.19. The third kappa shape index (κ3) is 2.57. The maximum Gasteiger partial charge on any atom is 0.272 e. The Bertz CT molecular complexity index is 414. The molecule has 0 unspecified atom stereocenters. The van der Waals surface area contributed by atoms with E-state index in [2.05, 4.69) is 15.5 Å². The molecular formula is C12H14ClN3O. The molecule has 1 aromatic heterocycles. The predicted molar refractivity (Wildman–Crippen MR) is 63.7 cm³/mol. The lowest BCUT2D eigenvalue weighted by molar-refractivity contribution is 0.0920. The van der Waals surface area contributed by atoms with Gasteiger partial charge in [-0.15, -0.1) is 10.2 Å². The molecule has 1 N–H and O–H groups in total. The quantitative estimate of drug-likeness (QED) is 0.891. The second-order valence-electron chi connectivity index (χ2n) is 4.92. The molecule has 1 aromatic rings. The maximum atomic E-state index is 12.0. The average molecular weight is 252 g/mol. The molecule has 4 nitrogen and oxygen atoms in total. The van der Waals surface area contributed by atoms with Gasteiger partial charge < -0.3 is 5.32 Å². The Morgan fingerprint density at radius 1 is 1.24 bits per heavy atom. The normalized spacial score (nSPS) is 19.4. The van der Waals surface area contributed by atoms with Crippen LogP contribution in [0.4, 0.5) is 0 Å². The molecule has 2 aliphatic rings. The van der Waals surface area contributed by atoms with Crippen molar-refractivity contribution >= 4 is 17.5 Å². The van der Waals surface area contributed by atoms with Crippen LogP contribution in [0.3, 0.4) is 0 Å². The van der Waals surface area contributed by atoms with Gasteiger partial charge in [0.05, 0.1) is 0 Å². The van der Waals surface area contributed by atoms with E-state index in [0.29, 0.717) is 28.7 Å². The van der Waals surface area contributed by atoms with E-state index in [1.54, 1.807) is 12.1 Å². The Morgan fingerprint density at radius 2 is 1.88 bits per heavy atom. The fraction of sp³-hybridized carbons (Fsp3) is 0.583. The summed E-state index contributed by atoms with van der Waals surface area (Å²) >= 11 is 5.64. The molecule has 0 spiro atoms. The van der Waals surface area contributed by atoms with Gasteiger partial charge in [0.15, 0.2) is 10.8 Å². The molecule has 1 heterocycles. The van der Waals surface area contributed by atoms with Crippen LogP contribution in [0.1, 0.15) is 36.2 Å². The fourth-order valence-corrected chi connectivity index (χ4v) is 2.29. The third-order valence-electron chi connectivity index (χ3n) is 3.42. The molecule has 2 fully saturated rings. The lowest BCUT2D eigenvalue weighted by atomic mass is 10.1. The van der Waals surface area contributed by atoms with E-state index in [1.807, 2.05) is 0 Å². The van der Waals surface area contributed by atoms with Crippen molar-refractivity contribution in [3.63, 3.8) is 0 Å². The number of carbonyl (C=O) groups is 1. The van der Waals surface area contributed by atoms with Gasteiger partial charge in [0.25, 0.3) is 5.91 Å². The van der Waals surface area contributed by atoms with Gasteiger partial charge in [-0.1, -0.05) is 11.6 Å². The summed E-state index contributed by atoms with van der Waals surface area (Å²) in [5.41, 5.74) is 0.348. The number of halogens is 1. The molecule has 0 aliphatic heterocycles. The second kappa shape index (κ2) is 4.26. The van der Waals surface area contributed by atoms with E-state index in [-0.39, 0.29) is 5.91 Å². The Labute approximate surface area is 105 Å². The molecule has 17 heavy (non-hydrogen) atoms. The molecule has 1 amide bonds. The van der Waals surface area contributed by atoms with Crippen molar-refractivity contribution in [1.82, 2.24) is 15.5 Å². The number of rotatable bonds is 4. The summed E-state index contributed by atoms with van der Waals surface area (Å²) < 4.78 is 0. The number of aromatic nitrogens is 2. The zero-order valence-corrected chi connectivity index (χ0v) is 10.2. The summed E-state index contributed by atoms with van der Waals surface area (Å²) in [6.45, 7) is 0. The first-order valence-electron chi connectivity index (χ1n) is 6.04. The number of hydrogen-bond donors (Lipinski definition) is 1. The van der Waals surface area contributed by atoms with Crippen molar-refractivity contribution in [2.75, 3.05) is 0 Å². The maximum absolute atomic E-state index is 12.0. The molecule has 0 bridgehead atoms. The summed E-state index contributed by atoms with van der Waals surface area (Å²) in [5.74, 6) is 1.25. The lowest BCUT2D eigenvalue weighted by Crippen LogP contribution is -2.38. The molecule has 0 atom stereocenters. The van der Waals surface area contributed by atoms with Crippen LogP contribution in [0.2, 0.25) is 5.15 Å². The minimum atomic E-state index is -0.127. The Balaban J connectivity index is 1.67.